The zero-order valence-corrected chi connectivity index (χ0v) is 27.0. The topological polar surface area (TPSA) is 167 Å². The van der Waals surface area contributed by atoms with E-state index in [0.29, 0.717) is 49.3 Å². The van der Waals surface area contributed by atoms with Crippen LogP contribution in [0, 0.1) is 20.8 Å². The van der Waals surface area contributed by atoms with Gasteiger partial charge in [-0.3, -0.25) is 14.4 Å². The second kappa shape index (κ2) is 15.8. The number of aryl methyl sites for hydroxylation is 4. The maximum absolute atomic E-state index is 13.3. The number of rotatable bonds is 15. The summed E-state index contributed by atoms with van der Waals surface area (Å²) >= 11 is 0. The van der Waals surface area contributed by atoms with Crippen molar-refractivity contribution in [1.29, 1.82) is 0 Å². The molecule has 246 valence electrons. The normalized spacial score (nSPS) is 17.0. The second-order valence-corrected chi connectivity index (χ2v) is 13.1. The Labute approximate surface area is 269 Å². The molecule has 13 heteroatoms. The van der Waals surface area contributed by atoms with Gasteiger partial charge in [0.2, 0.25) is 21.8 Å². The number of pyridine rings is 1. The SMILES string of the molecule is Cc1cc(C)c(S(=O)(=O)N[C@@H](CNC(=O)CO[C@@H]2C[C@@H](CNc3ccccn3)N(C(=O)CCc3ccccc3)C2)C(=O)O)c(C)c1. The Balaban J connectivity index is 1.32. The van der Waals surface area contributed by atoms with E-state index in [4.69, 9.17) is 4.74 Å². The zero-order chi connectivity index (χ0) is 33.3. The van der Waals surface area contributed by atoms with Crippen LogP contribution in [0.2, 0.25) is 0 Å². The third-order valence-corrected chi connectivity index (χ3v) is 9.55. The number of carboxylic acids is 1. The number of sulfonamides is 1. The third kappa shape index (κ3) is 9.59. The van der Waals surface area contributed by atoms with E-state index in [9.17, 15) is 27.9 Å². The summed E-state index contributed by atoms with van der Waals surface area (Å²) in [6, 6.07) is 16.9. The Morgan fingerprint density at radius 1 is 1.04 bits per heavy atom. The quantitative estimate of drug-likeness (QED) is 0.193. The van der Waals surface area contributed by atoms with Gasteiger partial charge in [0.1, 0.15) is 18.5 Å². The second-order valence-electron chi connectivity index (χ2n) is 11.5. The predicted molar refractivity (Wildman–Crippen MR) is 173 cm³/mol. The van der Waals surface area contributed by atoms with Gasteiger partial charge in [-0.2, -0.15) is 4.72 Å². The maximum Gasteiger partial charge on any atom is 0.323 e. The van der Waals surface area contributed by atoms with Gasteiger partial charge in [0.15, 0.2) is 0 Å². The number of anilines is 1. The van der Waals surface area contributed by atoms with Crippen molar-refractivity contribution >= 4 is 33.6 Å². The highest BCUT2D eigenvalue weighted by molar-refractivity contribution is 7.89. The number of nitrogens with zero attached hydrogens (tertiary/aromatic N) is 2. The van der Waals surface area contributed by atoms with E-state index >= 15 is 0 Å². The Morgan fingerprint density at radius 2 is 1.74 bits per heavy atom. The lowest BCUT2D eigenvalue weighted by Crippen LogP contribution is -2.49. The molecule has 0 unspecified atom stereocenters. The molecule has 4 rings (SSSR count). The summed E-state index contributed by atoms with van der Waals surface area (Å²) in [6.07, 6.45) is 2.65. The van der Waals surface area contributed by atoms with Crippen molar-refractivity contribution in [2.45, 2.75) is 63.1 Å². The van der Waals surface area contributed by atoms with Gasteiger partial charge in [-0.15, -0.1) is 0 Å². The lowest BCUT2D eigenvalue weighted by Gasteiger charge is -2.25. The molecule has 12 nitrogen and oxygen atoms in total. The number of nitrogens with one attached hydrogen (secondary N) is 3. The number of aliphatic carboxylic acids is 1. The minimum Gasteiger partial charge on any atom is -0.480 e. The number of carbonyl (C=O) groups excluding carboxylic acids is 2. The molecule has 0 spiro atoms. The van der Waals surface area contributed by atoms with E-state index in [0.717, 1.165) is 11.1 Å². The molecular weight excluding hydrogens is 610 g/mol. The van der Waals surface area contributed by atoms with Crippen LogP contribution in [0.4, 0.5) is 5.82 Å². The predicted octanol–water partition coefficient (Wildman–Crippen LogP) is 2.59. The van der Waals surface area contributed by atoms with Gasteiger partial charge in [-0.1, -0.05) is 54.1 Å². The van der Waals surface area contributed by atoms with Crippen molar-refractivity contribution in [3.8, 4) is 0 Å². The van der Waals surface area contributed by atoms with E-state index in [1.165, 1.54) is 0 Å². The molecule has 3 atom stereocenters. The number of aromatic nitrogens is 1. The Morgan fingerprint density at radius 3 is 2.39 bits per heavy atom. The molecule has 1 fully saturated rings. The molecule has 4 N–H and O–H groups in total. The molecule has 2 amide bonds. The molecule has 0 aliphatic carbocycles. The van der Waals surface area contributed by atoms with E-state index in [1.807, 2.05) is 55.5 Å². The first kappa shape index (κ1) is 34.5. The van der Waals surface area contributed by atoms with Crippen molar-refractivity contribution < 1.29 is 32.6 Å². The molecule has 46 heavy (non-hydrogen) atoms. The zero-order valence-electron chi connectivity index (χ0n) is 26.2. The van der Waals surface area contributed by atoms with Crippen LogP contribution in [0.3, 0.4) is 0 Å². The van der Waals surface area contributed by atoms with Crippen LogP contribution in [0.5, 0.6) is 0 Å². The lowest BCUT2D eigenvalue weighted by molar-refractivity contribution is -0.139. The standard InChI is InChI=1S/C33H41N5O7S/c1-22-15-23(2)32(24(3)16-22)46(43,44)37-28(33(41)42)19-36-30(39)21-45-27-17-26(18-35-29-11-7-8-14-34-29)38(20-27)31(40)13-12-25-9-5-4-6-10-25/h4-11,14-16,26-28,37H,12-13,17-21H2,1-3H3,(H,34,35)(H,36,39)(H,41,42)/t26-,27+,28-/m0/s1. The van der Waals surface area contributed by atoms with Gasteiger partial charge in [-0.25, -0.2) is 13.4 Å². The van der Waals surface area contributed by atoms with E-state index in [-0.39, 0.29) is 23.5 Å². The van der Waals surface area contributed by atoms with Crippen molar-refractivity contribution in [3.05, 3.63) is 89.1 Å². The number of hydrogen-bond donors (Lipinski definition) is 4. The number of ether oxygens (including phenoxy) is 1. The van der Waals surface area contributed by atoms with Crippen LogP contribution in [0.15, 0.2) is 71.8 Å². The number of carbonyl (C=O) groups is 3. The summed E-state index contributed by atoms with van der Waals surface area (Å²) in [4.78, 5) is 43.9. The molecule has 1 aliphatic heterocycles. The molecular formula is C33H41N5O7S. The minimum atomic E-state index is -4.19. The van der Waals surface area contributed by atoms with Crippen molar-refractivity contribution in [2.24, 2.45) is 0 Å². The first-order valence-corrected chi connectivity index (χ1v) is 16.6. The van der Waals surface area contributed by atoms with Crippen molar-refractivity contribution in [1.82, 2.24) is 19.9 Å². The molecule has 1 saturated heterocycles. The fourth-order valence-electron chi connectivity index (χ4n) is 5.70. The van der Waals surface area contributed by atoms with Gasteiger partial charge in [0.25, 0.3) is 0 Å². The number of hydrogen-bond acceptors (Lipinski definition) is 8. The number of likely N-dealkylation sites (tertiary alicyclic amines) is 1. The Hall–Kier alpha value is -4.33. The van der Waals surface area contributed by atoms with Gasteiger partial charge in [-0.05, 0) is 62.4 Å². The maximum atomic E-state index is 13.3. The van der Waals surface area contributed by atoms with Crippen molar-refractivity contribution in [2.75, 3.05) is 31.6 Å². The van der Waals surface area contributed by atoms with Crippen molar-refractivity contribution in [3.63, 3.8) is 0 Å². The van der Waals surface area contributed by atoms with E-state index in [1.54, 1.807) is 37.1 Å². The average Bonchev–Trinajstić information content (AvgIpc) is 3.43. The van der Waals surface area contributed by atoms with Gasteiger partial charge in [0.05, 0.1) is 17.0 Å². The highest BCUT2D eigenvalue weighted by atomic mass is 32.2. The number of benzene rings is 2. The smallest absolute Gasteiger partial charge is 0.323 e. The van der Waals surface area contributed by atoms with Crippen LogP contribution in [-0.2, 0) is 35.6 Å². The fraction of sp³-hybridized carbons (Fsp3) is 0.394. The molecule has 0 saturated carbocycles. The van der Waals surface area contributed by atoms with Crippen LogP contribution in [0.25, 0.3) is 0 Å². The van der Waals surface area contributed by atoms with Crippen LogP contribution in [-0.4, -0.2) is 85.6 Å². The summed E-state index contributed by atoms with van der Waals surface area (Å²) in [6.45, 7) is 5.00. The highest BCUT2D eigenvalue weighted by Gasteiger charge is 2.36. The van der Waals surface area contributed by atoms with E-state index in [2.05, 4.69) is 20.3 Å². The third-order valence-electron chi connectivity index (χ3n) is 7.77. The van der Waals surface area contributed by atoms with Crippen LogP contribution in [0.1, 0.15) is 35.1 Å². The molecule has 2 heterocycles. The summed E-state index contributed by atoms with van der Waals surface area (Å²) in [5.41, 5.74) is 2.93. The van der Waals surface area contributed by atoms with E-state index < -0.39 is 40.6 Å². The summed E-state index contributed by atoms with van der Waals surface area (Å²) in [5.74, 6) is -1.39. The minimum absolute atomic E-state index is 0.00945. The van der Waals surface area contributed by atoms with Gasteiger partial charge >= 0.3 is 5.97 Å². The summed E-state index contributed by atoms with van der Waals surface area (Å²) in [5, 5.41) is 15.4. The first-order valence-electron chi connectivity index (χ1n) is 15.1. The summed E-state index contributed by atoms with van der Waals surface area (Å²) in [7, 11) is -4.19. The van der Waals surface area contributed by atoms with Crippen LogP contribution < -0.4 is 15.4 Å². The fourth-order valence-corrected chi connectivity index (χ4v) is 7.34. The average molecular weight is 652 g/mol. The summed E-state index contributed by atoms with van der Waals surface area (Å²) < 4.78 is 34.2. The number of carboxylic acid groups (broad SMARTS) is 1. The molecule has 0 bridgehead atoms. The lowest BCUT2D eigenvalue weighted by atomic mass is 10.1. The molecule has 2 aromatic carbocycles. The number of amides is 2. The van der Waals surface area contributed by atoms with Gasteiger partial charge < -0.3 is 25.4 Å². The monoisotopic (exact) mass is 651 g/mol. The first-order chi connectivity index (χ1) is 21.9. The molecule has 1 aromatic heterocycles. The Bertz CT molecular complexity index is 1600. The molecule has 3 aromatic rings. The molecule has 1 aliphatic rings. The Kier molecular flexibility index (Phi) is 11.9. The molecule has 0 radical (unpaired) electrons. The van der Waals surface area contributed by atoms with Crippen LogP contribution >= 0.6 is 0 Å². The van der Waals surface area contributed by atoms with Gasteiger partial charge in [0, 0.05) is 32.3 Å². The largest absolute Gasteiger partial charge is 0.480 e. The highest BCUT2D eigenvalue weighted by Crippen LogP contribution is 2.24.